The Balaban J connectivity index is 2.91. The van der Waals surface area contributed by atoms with Crippen molar-refractivity contribution in [2.24, 2.45) is 40.9 Å². The summed E-state index contributed by atoms with van der Waals surface area (Å²) in [5, 5.41) is 35.5. The van der Waals surface area contributed by atoms with E-state index in [9.17, 15) is 29.7 Å². The molecule has 11 unspecified atom stereocenters. The standard InChI is InChI=1S/C34H56O9/c1-12-19(5)31(38)42-26-23(9)27(41-17-18(3)4)28(43-32(39)20(6)13-2)30(37)33(10,11)15-14-21(7)29(36)34(40)16-22(8)25(35)24(26)34/h14-15,18-22,24-28,30,35,37,40H,9,12-13,16-17H2,1-8,10-11H3. The zero-order valence-corrected chi connectivity index (χ0v) is 27.8. The highest BCUT2D eigenvalue weighted by Crippen LogP contribution is 2.48. The van der Waals surface area contributed by atoms with E-state index < -0.39 is 88.8 Å². The van der Waals surface area contributed by atoms with Gasteiger partial charge < -0.3 is 29.5 Å². The number of aliphatic hydroxyl groups is 3. The molecule has 0 radical (unpaired) electrons. The second-order valence-electron chi connectivity index (χ2n) is 14.0. The number of ether oxygens (including phenoxy) is 3. The normalized spacial score (nSPS) is 36.3. The molecule has 0 spiro atoms. The molecule has 0 saturated heterocycles. The van der Waals surface area contributed by atoms with E-state index in [2.05, 4.69) is 6.58 Å². The molecule has 0 amide bonds. The van der Waals surface area contributed by atoms with Gasteiger partial charge in [-0.25, -0.2) is 0 Å². The first-order valence-electron chi connectivity index (χ1n) is 15.9. The Labute approximate surface area is 258 Å². The fourth-order valence-electron chi connectivity index (χ4n) is 5.84. The van der Waals surface area contributed by atoms with Crippen molar-refractivity contribution in [3.05, 3.63) is 24.3 Å². The Kier molecular flexibility index (Phi) is 12.8. The van der Waals surface area contributed by atoms with Crippen molar-refractivity contribution in [2.45, 2.75) is 125 Å². The van der Waals surface area contributed by atoms with Gasteiger partial charge in [0.15, 0.2) is 11.9 Å². The molecule has 1 saturated carbocycles. The maximum absolute atomic E-state index is 13.9. The Morgan fingerprint density at radius 2 is 1.53 bits per heavy atom. The molecule has 0 aromatic heterocycles. The molecule has 0 bridgehead atoms. The van der Waals surface area contributed by atoms with Crippen LogP contribution in [0.4, 0.5) is 0 Å². The van der Waals surface area contributed by atoms with Crippen molar-refractivity contribution >= 4 is 17.7 Å². The van der Waals surface area contributed by atoms with E-state index in [1.165, 1.54) is 0 Å². The smallest absolute Gasteiger partial charge is 0.309 e. The van der Waals surface area contributed by atoms with Crippen LogP contribution in [-0.4, -0.2) is 75.8 Å². The van der Waals surface area contributed by atoms with Crippen molar-refractivity contribution in [1.82, 2.24) is 0 Å². The van der Waals surface area contributed by atoms with Crippen LogP contribution in [0.5, 0.6) is 0 Å². The highest BCUT2D eigenvalue weighted by molar-refractivity contribution is 5.91. The number of Topliss-reactive ketones (excluding diaryl/α,β-unsaturated/α-hetero) is 1. The lowest BCUT2D eigenvalue weighted by Gasteiger charge is -2.43. The van der Waals surface area contributed by atoms with E-state index in [4.69, 9.17) is 14.2 Å². The first-order chi connectivity index (χ1) is 19.8. The number of hydrogen-bond donors (Lipinski definition) is 3. The minimum atomic E-state index is -2.06. The fraction of sp³-hybridized carbons (Fsp3) is 0.794. The minimum absolute atomic E-state index is 0.0303. The van der Waals surface area contributed by atoms with Crippen LogP contribution in [0.15, 0.2) is 24.3 Å². The van der Waals surface area contributed by atoms with Gasteiger partial charge in [0.25, 0.3) is 0 Å². The second-order valence-corrected chi connectivity index (χ2v) is 14.0. The number of ketones is 1. The predicted molar refractivity (Wildman–Crippen MR) is 164 cm³/mol. The van der Waals surface area contributed by atoms with Gasteiger partial charge in [-0.3, -0.25) is 14.4 Å². The van der Waals surface area contributed by atoms with Crippen LogP contribution in [0, 0.1) is 40.9 Å². The average molecular weight is 609 g/mol. The molecule has 11 atom stereocenters. The van der Waals surface area contributed by atoms with Gasteiger partial charge in [-0.1, -0.05) is 88.0 Å². The quantitative estimate of drug-likeness (QED) is 0.257. The third-order valence-corrected chi connectivity index (χ3v) is 9.35. The van der Waals surface area contributed by atoms with E-state index in [1.54, 1.807) is 53.7 Å². The van der Waals surface area contributed by atoms with E-state index in [0.717, 1.165) is 0 Å². The van der Waals surface area contributed by atoms with Crippen molar-refractivity contribution in [1.29, 1.82) is 0 Å². The van der Waals surface area contributed by atoms with E-state index in [1.807, 2.05) is 27.7 Å². The summed E-state index contributed by atoms with van der Waals surface area (Å²) in [5.74, 6) is -5.19. The van der Waals surface area contributed by atoms with Crippen molar-refractivity contribution in [3.63, 3.8) is 0 Å². The number of carbonyl (C=O) groups excluding carboxylic acids is 3. The van der Waals surface area contributed by atoms with E-state index in [0.29, 0.717) is 12.8 Å². The van der Waals surface area contributed by atoms with Crippen LogP contribution in [0.1, 0.15) is 88.5 Å². The summed E-state index contributed by atoms with van der Waals surface area (Å²) in [4.78, 5) is 40.5. The molecule has 246 valence electrons. The van der Waals surface area contributed by atoms with Crippen molar-refractivity contribution < 1.29 is 43.9 Å². The molecular weight excluding hydrogens is 552 g/mol. The zero-order valence-electron chi connectivity index (χ0n) is 27.8. The van der Waals surface area contributed by atoms with Gasteiger partial charge in [0.1, 0.15) is 23.9 Å². The molecule has 0 heterocycles. The van der Waals surface area contributed by atoms with Crippen LogP contribution in [0.3, 0.4) is 0 Å². The number of rotatable bonds is 9. The lowest BCUT2D eigenvalue weighted by molar-refractivity contribution is -0.183. The summed E-state index contributed by atoms with van der Waals surface area (Å²) in [6.07, 6.45) is -2.19. The van der Waals surface area contributed by atoms with E-state index >= 15 is 0 Å². The van der Waals surface area contributed by atoms with Gasteiger partial charge in [0, 0.05) is 17.9 Å². The molecule has 1 fully saturated rings. The van der Waals surface area contributed by atoms with Gasteiger partial charge in [-0.15, -0.1) is 0 Å². The summed E-state index contributed by atoms with van der Waals surface area (Å²) in [5.41, 5.74) is -2.99. The Morgan fingerprint density at radius 1 is 1.00 bits per heavy atom. The first-order valence-corrected chi connectivity index (χ1v) is 15.9. The van der Waals surface area contributed by atoms with Gasteiger partial charge in [0.2, 0.25) is 0 Å². The van der Waals surface area contributed by atoms with Crippen LogP contribution in [-0.2, 0) is 28.6 Å². The number of carbonyl (C=O) groups is 3. The third kappa shape index (κ3) is 8.16. The second kappa shape index (κ2) is 14.8. The van der Waals surface area contributed by atoms with Crippen LogP contribution in [0.2, 0.25) is 0 Å². The lowest BCUT2D eigenvalue weighted by Crippen LogP contribution is -2.57. The first kappa shape index (κ1) is 37.1. The van der Waals surface area contributed by atoms with E-state index in [-0.39, 0.29) is 24.5 Å². The lowest BCUT2D eigenvalue weighted by atomic mass is 9.72. The summed E-state index contributed by atoms with van der Waals surface area (Å²) < 4.78 is 18.4. The fourth-order valence-corrected chi connectivity index (χ4v) is 5.84. The van der Waals surface area contributed by atoms with Crippen LogP contribution in [0.25, 0.3) is 0 Å². The molecule has 0 aliphatic heterocycles. The molecule has 2 rings (SSSR count). The summed E-state index contributed by atoms with van der Waals surface area (Å²) in [6.45, 7) is 22.3. The molecule has 9 nitrogen and oxygen atoms in total. The molecule has 2 aliphatic rings. The van der Waals surface area contributed by atoms with Gasteiger partial charge >= 0.3 is 11.9 Å². The Hall–Kier alpha value is -2.07. The number of aliphatic hydroxyl groups excluding tert-OH is 2. The number of esters is 2. The molecule has 9 heteroatoms. The molecule has 2 aliphatic carbocycles. The van der Waals surface area contributed by atoms with Crippen molar-refractivity contribution in [3.8, 4) is 0 Å². The largest absolute Gasteiger partial charge is 0.457 e. The summed E-state index contributed by atoms with van der Waals surface area (Å²) >= 11 is 0. The molecular formula is C34H56O9. The number of fused-ring (bicyclic) bond motifs is 1. The Bertz CT molecular complexity index is 1030. The highest BCUT2D eigenvalue weighted by Gasteiger charge is 2.61. The molecule has 0 aromatic rings. The third-order valence-electron chi connectivity index (χ3n) is 9.35. The number of hydrogen-bond acceptors (Lipinski definition) is 9. The van der Waals surface area contributed by atoms with Gasteiger partial charge in [-0.05, 0) is 36.7 Å². The van der Waals surface area contributed by atoms with Crippen molar-refractivity contribution in [2.75, 3.05) is 6.61 Å². The topological polar surface area (TPSA) is 140 Å². The summed E-state index contributed by atoms with van der Waals surface area (Å²) in [6, 6.07) is 0. The summed E-state index contributed by atoms with van der Waals surface area (Å²) in [7, 11) is 0. The molecule has 3 N–H and O–H groups in total. The SMILES string of the molecule is C=C1C(OCC(C)C)C(OC(=O)C(C)CC)C(O)C(C)(C)C=CC(C)C(=O)C2(O)CC(C)C(O)C2C1OC(=O)C(C)CC. The van der Waals surface area contributed by atoms with Gasteiger partial charge in [-0.2, -0.15) is 0 Å². The van der Waals surface area contributed by atoms with Gasteiger partial charge in [0.05, 0.1) is 23.9 Å². The monoisotopic (exact) mass is 608 g/mol. The highest BCUT2D eigenvalue weighted by atomic mass is 16.6. The Morgan fingerprint density at radius 3 is 2.05 bits per heavy atom. The predicted octanol–water partition coefficient (Wildman–Crippen LogP) is 4.41. The average Bonchev–Trinajstić information content (AvgIpc) is 3.18. The molecule has 43 heavy (non-hydrogen) atoms. The maximum Gasteiger partial charge on any atom is 0.309 e. The van der Waals surface area contributed by atoms with Crippen LogP contribution >= 0.6 is 0 Å². The zero-order chi connectivity index (χ0) is 33.0. The maximum atomic E-state index is 13.9. The minimum Gasteiger partial charge on any atom is -0.457 e. The van der Waals surface area contributed by atoms with Crippen LogP contribution < -0.4 is 0 Å². The number of allylic oxidation sites excluding steroid dienone is 1. The molecule has 0 aromatic carbocycles.